The fourth-order valence-corrected chi connectivity index (χ4v) is 2.06. The van der Waals surface area contributed by atoms with Gasteiger partial charge in [-0.1, -0.05) is 6.42 Å². The molecule has 2 N–H and O–H groups in total. The van der Waals surface area contributed by atoms with E-state index in [0.29, 0.717) is 19.4 Å². The maximum Gasteiger partial charge on any atom is 0.308 e. The predicted octanol–water partition coefficient (Wildman–Crippen LogP) is 0.115. The van der Waals surface area contributed by atoms with Crippen molar-refractivity contribution >= 4 is 17.8 Å². The lowest BCUT2D eigenvalue weighted by atomic mass is 10.1. The molecule has 1 aliphatic heterocycles. The Bertz CT molecular complexity index is 366. The summed E-state index contributed by atoms with van der Waals surface area (Å²) in [4.78, 5) is 34.4. The summed E-state index contributed by atoms with van der Waals surface area (Å²) in [5.41, 5.74) is 0. The lowest BCUT2D eigenvalue weighted by Crippen LogP contribution is -2.46. The van der Waals surface area contributed by atoms with E-state index in [-0.39, 0.29) is 30.3 Å². The Labute approximate surface area is 112 Å². The van der Waals surface area contributed by atoms with Crippen LogP contribution in [0.3, 0.4) is 0 Å². The third-order valence-corrected chi connectivity index (χ3v) is 3.35. The van der Waals surface area contributed by atoms with Gasteiger partial charge in [0.1, 0.15) is 12.6 Å². The van der Waals surface area contributed by atoms with Gasteiger partial charge in [-0.3, -0.25) is 14.4 Å². The van der Waals surface area contributed by atoms with Crippen LogP contribution in [0.15, 0.2) is 0 Å². The number of hydrogen-bond acceptors (Lipinski definition) is 4. The smallest absolute Gasteiger partial charge is 0.308 e. The van der Waals surface area contributed by atoms with Gasteiger partial charge in [0.25, 0.3) is 0 Å². The van der Waals surface area contributed by atoms with Gasteiger partial charge >= 0.3 is 5.97 Å². The molecule has 6 heteroatoms. The van der Waals surface area contributed by atoms with E-state index < -0.39 is 6.04 Å². The molecule has 0 aromatic carbocycles. The molecule has 1 saturated heterocycles. The van der Waals surface area contributed by atoms with Gasteiger partial charge in [0.05, 0.1) is 12.5 Å². The van der Waals surface area contributed by atoms with Gasteiger partial charge in [-0.25, -0.2) is 0 Å². The van der Waals surface area contributed by atoms with Crippen molar-refractivity contribution in [3.8, 4) is 0 Å². The van der Waals surface area contributed by atoms with Crippen molar-refractivity contribution in [3.05, 3.63) is 0 Å². The third kappa shape index (κ3) is 4.54. The Morgan fingerprint density at radius 3 is 2.79 bits per heavy atom. The molecule has 0 aromatic heterocycles. The minimum absolute atomic E-state index is 0.0715. The number of nitrogens with one attached hydrogen (secondary N) is 2. The zero-order chi connectivity index (χ0) is 13.7. The van der Waals surface area contributed by atoms with Crippen molar-refractivity contribution in [3.63, 3.8) is 0 Å². The highest BCUT2D eigenvalue weighted by Gasteiger charge is 2.31. The predicted molar refractivity (Wildman–Crippen MR) is 67.1 cm³/mol. The SMILES string of the molecule is O=C1CCCC[C@@H](C(=O)NCCOC(=O)C2CC2)N1. The highest BCUT2D eigenvalue weighted by Crippen LogP contribution is 2.29. The van der Waals surface area contributed by atoms with Crippen molar-refractivity contribution < 1.29 is 19.1 Å². The number of carbonyl (C=O) groups is 3. The van der Waals surface area contributed by atoms with Gasteiger partial charge in [0.15, 0.2) is 0 Å². The molecule has 19 heavy (non-hydrogen) atoms. The van der Waals surface area contributed by atoms with E-state index in [2.05, 4.69) is 10.6 Å². The maximum absolute atomic E-state index is 11.8. The molecular formula is C13H20N2O4. The highest BCUT2D eigenvalue weighted by atomic mass is 16.5. The standard InChI is InChI=1S/C13H20N2O4/c16-11-4-2-1-3-10(15-11)12(17)14-7-8-19-13(18)9-5-6-9/h9-10H,1-8H2,(H,14,17)(H,15,16)/t10-/m0/s1. The first-order valence-electron chi connectivity index (χ1n) is 6.90. The Hall–Kier alpha value is -1.59. The molecule has 2 rings (SSSR count). The van der Waals surface area contributed by atoms with Gasteiger partial charge in [-0.15, -0.1) is 0 Å². The lowest BCUT2D eigenvalue weighted by molar-refractivity contribution is -0.145. The first kappa shape index (κ1) is 13.8. The second kappa shape index (κ2) is 6.54. The molecule has 2 fully saturated rings. The minimum atomic E-state index is -0.450. The topological polar surface area (TPSA) is 84.5 Å². The van der Waals surface area contributed by atoms with Crippen molar-refractivity contribution in [2.45, 2.75) is 44.6 Å². The molecule has 2 amide bonds. The van der Waals surface area contributed by atoms with E-state index in [1.165, 1.54) is 0 Å². The molecule has 0 radical (unpaired) electrons. The molecular weight excluding hydrogens is 248 g/mol. The quantitative estimate of drug-likeness (QED) is 0.547. The fraction of sp³-hybridized carbons (Fsp3) is 0.769. The van der Waals surface area contributed by atoms with E-state index in [1.807, 2.05) is 0 Å². The van der Waals surface area contributed by atoms with Crippen LogP contribution in [0.25, 0.3) is 0 Å². The van der Waals surface area contributed by atoms with E-state index in [9.17, 15) is 14.4 Å². The number of ether oxygens (including phenoxy) is 1. The Morgan fingerprint density at radius 1 is 1.26 bits per heavy atom. The summed E-state index contributed by atoms with van der Waals surface area (Å²) in [5.74, 6) is -0.357. The highest BCUT2D eigenvalue weighted by molar-refractivity contribution is 5.87. The van der Waals surface area contributed by atoms with Crippen LogP contribution in [0.4, 0.5) is 0 Å². The van der Waals surface area contributed by atoms with Crippen LogP contribution < -0.4 is 10.6 Å². The average Bonchev–Trinajstić information content (AvgIpc) is 3.20. The van der Waals surface area contributed by atoms with Crippen molar-refractivity contribution in [2.24, 2.45) is 5.92 Å². The Balaban J connectivity index is 1.62. The second-order valence-electron chi connectivity index (χ2n) is 5.10. The van der Waals surface area contributed by atoms with Crippen LogP contribution in [0.1, 0.15) is 38.5 Å². The molecule has 2 aliphatic rings. The van der Waals surface area contributed by atoms with Gasteiger partial charge in [0.2, 0.25) is 11.8 Å². The molecule has 1 aliphatic carbocycles. The van der Waals surface area contributed by atoms with Crippen LogP contribution in [-0.4, -0.2) is 37.0 Å². The average molecular weight is 268 g/mol. The Morgan fingerprint density at radius 2 is 2.05 bits per heavy atom. The molecule has 1 saturated carbocycles. The van der Waals surface area contributed by atoms with Gasteiger partial charge in [0, 0.05) is 6.42 Å². The monoisotopic (exact) mass is 268 g/mol. The first-order valence-corrected chi connectivity index (χ1v) is 6.90. The second-order valence-corrected chi connectivity index (χ2v) is 5.10. The molecule has 0 aromatic rings. The molecule has 1 atom stereocenters. The van der Waals surface area contributed by atoms with Crippen LogP contribution >= 0.6 is 0 Å². The number of carbonyl (C=O) groups excluding carboxylic acids is 3. The minimum Gasteiger partial charge on any atom is -0.464 e. The zero-order valence-corrected chi connectivity index (χ0v) is 10.9. The molecule has 6 nitrogen and oxygen atoms in total. The van der Waals surface area contributed by atoms with Gasteiger partial charge in [-0.2, -0.15) is 0 Å². The molecule has 0 spiro atoms. The van der Waals surface area contributed by atoms with Crippen LogP contribution in [0.5, 0.6) is 0 Å². The number of esters is 1. The summed E-state index contributed by atoms with van der Waals surface area (Å²) in [7, 11) is 0. The summed E-state index contributed by atoms with van der Waals surface area (Å²) < 4.78 is 5.01. The van der Waals surface area contributed by atoms with Crippen LogP contribution in [-0.2, 0) is 19.1 Å². The van der Waals surface area contributed by atoms with Crippen LogP contribution in [0, 0.1) is 5.92 Å². The van der Waals surface area contributed by atoms with Crippen molar-refractivity contribution in [1.29, 1.82) is 0 Å². The van der Waals surface area contributed by atoms with Gasteiger partial charge in [-0.05, 0) is 25.7 Å². The van der Waals surface area contributed by atoms with Crippen molar-refractivity contribution in [1.82, 2.24) is 10.6 Å². The summed E-state index contributed by atoms with van der Waals surface area (Å²) in [6.45, 7) is 0.491. The molecule has 106 valence electrons. The van der Waals surface area contributed by atoms with E-state index >= 15 is 0 Å². The molecule has 1 heterocycles. The van der Waals surface area contributed by atoms with Crippen LogP contribution in [0.2, 0.25) is 0 Å². The summed E-state index contributed by atoms with van der Waals surface area (Å²) in [5, 5.41) is 5.38. The molecule has 0 bridgehead atoms. The summed E-state index contributed by atoms with van der Waals surface area (Å²) in [6.07, 6.45) is 4.68. The van der Waals surface area contributed by atoms with E-state index in [4.69, 9.17) is 4.74 Å². The summed E-state index contributed by atoms with van der Waals surface area (Å²) in [6, 6.07) is -0.450. The largest absolute Gasteiger partial charge is 0.464 e. The van der Waals surface area contributed by atoms with Gasteiger partial charge < -0.3 is 15.4 Å². The van der Waals surface area contributed by atoms with E-state index in [1.54, 1.807) is 0 Å². The molecule has 0 unspecified atom stereocenters. The number of amides is 2. The van der Waals surface area contributed by atoms with E-state index in [0.717, 1.165) is 25.7 Å². The zero-order valence-electron chi connectivity index (χ0n) is 10.9. The Kier molecular flexibility index (Phi) is 4.76. The van der Waals surface area contributed by atoms with Crippen molar-refractivity contribution in [2.75, 3.05) is 13.2 Å². The lowest BCUT2D eigenvalue weighted by Gasteiger charge is -2.15. The fourth-order valence-electron chi connectivity index (χ4n) is 2.06. The maximum atomic E-state index is 11.8. The third-order valence-electron chi connectivity index (χ3n) is 3.35. The number of hydrogen-bond donors (Lipinski definition) is 2. The number of rotatable bonds is 5. The first-order chi connectivity index (χ1) is 9.16. The normalized spacial score (nSPS) is 23.2. The summed E-state index contributed by atoms with van der Waals surface area (Å²) >= 11 is 0.